The normalized spacial score (nSPS) is 14.8. The van der Waals surface area contributed by atoms with Crippen LogP contribution in [0.15, 0.2) is 23.1 Å². The lowest BCUT2D eigenvalue weighted by Crippen LogP contribution is -2.43. The SMILES string of the molecule is COCC(C)(O)CNS(=O)(=O)c1cc(F)ccc1OC. The standard InChI is InChI=1S/C12H18FNO5S/c1-12(15,8-18-2)7-14-20(16,17)11-6-9(13)4-5-10(11)19-3/h4-6,14-15H,7-8H2,1-3H3. The van der Waals surface area contributed by atoms with Gasteiger partial charge in [-0.2, -0.15) is 0 Å². The molecule has 0 radical (unpaired) electrons. The van der Waals surface area contributed by atoms with Crippen molar-refractivity contribution in [2.75, 3.05) is 27.4 Å². The van der Waals surface area contributed by atoms with Gasteiger partial charge in [-0.15, -0.1) is 0 Å². The van der Waals surface area contributed by atoms with Gasteiger partial charge < -0.3 is 14.6 Å². The van der Waals surface area contributed by atoms with E-state index in [1.54, 1.807) is 0 Å². The van der Waals surface area contributed by atoms with Crippen molar-refractivity contribution < 1.29 is 27.4 Å². The minimum atomic E-state index is -4.01. The number of sulfonamides is 1. The van der Waals surface area contributed by atoms with Crippen molar-refractivity contribution in [3.05, 3.63) is 24.0 Å². The Labute approximate surface area is 117 Å². The molecule has 0 amide bonds. The van der Waals surface area contributed by atoms with Gasteiger partial charge in [-0.05, 0) is 25.1 Å². The second-order valence-electron chi connectivity index (χ2n) is 4.55. The van der Waals surface area contributed by atoms with E-state index in [0.717, 1.165) is 12.1 Å². The summed E-state index contributed by atoms with van der Waals surface area (Å²) in [5.41, 5.74) is -1.37. The van der Waals surface area contributed by atoms with Crippen molar-refractivity contribution in [2.24, 2.45) is 0 Å². The molecule has 2 N–H and O–H groups in total. The second kappa shape index (κ2) is 6.49. The van der Waals surface area contributed by atoms with Gasteiger partial charge >= 0.3 is 0 Å². The van der Waals surface area contributed by atoms with Gasteiger partial charge in [0, 0.05) is 13.7 Å². The number of hydrogen-bond acceptors (Lipinski definition) is 5. The molecule has 20 heavy (non-hydrogen) atoms. The number of methoxy groups -OCH3 is 2. The van der Waals surface area contributed by atoms with E-state index in [0.29, 0.717) is 0 Å². The van der Waals surface area contributed by atoms with Crippen molar-refractivity contribution in [1.29, 1.82) is 0 Å². The first-order chi connectivity index (χ1) is 9.22. The van der Waals surface area contributed by atoms with E-state index in [1.165, 1.54) is 27.2 Å². The van der Waals surface area contributed by atoms with Gasteiger partial charge in [-0.25, -0.2) is 17.5 Å². The molecule has 0 saturated carbocycles. The lowest BCUT2D eigenvalue weighted by atomic mass is 10.1. The molecule has 1 unspecified atom stereocenters. The summed E-state index contributed by atoms with van der Waals surface area (Å²) >= 11 is 0. The fourth-order valence-corrected chi connectivity index (χ4v) is 2.89. The van der Waals surface area contributed by atoms with Crippen LogP contribution in [0.1, 0.15) is 6.92 Å². The average molecular weight is 307 g/mol. The zero-order valence-corrected chi connectivity index (χ0v) is 12.3. The average Bonchev–Trinajstić information content (AvgIpc) is 2.37. The van der Waals surface area contributed by atoms with Crippen molar-refractivity contribution in [3.8, 4) is 5.75 Å². The molecule has 0 bridgehead atoms. The molecule has 0 heterocycles. The number of halogens is 1. The van der Waals surface area contributed by atoms with Crippen LogP contribution in [0.2, 0.25) is 0 Å². The number of hydrogen-bond donors (Lipinski definition) is 2. The van der Waals surface area contributed by atoms with Gasteiger partial charge in [-0.1, -0.05) is 0 Å². The zero-order valence-electron chi connectivity index (χ0n) is 11.5. The van der Waals surface area contributed by atoms with Crippen molar-refractivity contribution in [3.63, 3.8) is 0 Å². The Balaban J connectivity index is 2.97. The fourth-order valence-electron chi connectivity index (χ4n) is 1.55. The Morgan fingerprint density at radius 2 is 2.05 bits per heavy atom. The van der Waals surface area contributed by atoms with E-state index in [9.17, 15) is 17.9 Å². The maximum absolute atomic E-state index is 13.2. The highest BCUT2D eigenvalue weighted by molar-refractivity contribution is 7.89. The molecule has 114 valence electrons. The summed E-state index contributed by atoms with van der Waals surface area (Å²) in [7, 11) is -1.34. The third-order valence-electron chi connectivity index (χ3n) is 2.51. The van der Waals surface area contributed by atoms with Crippen molar-refractivity contribution >= 4 is 10.0 Å². The van der Waals surface area contributed by atoms with Gasteiger partial charge in [0.05, 0.1) is 19.3 Å². The van der Waals surface area contributed by atoms with E-state index in [4.69, 9.17) is 9.47 Å². The minimum absolute atomic E-state index is 0.0188. The molecular weight excluding hydrogens is 289 g/mol. The third-order valence-corrected chi connectivity index (χ3v) is 3.94. The van der Waals surface area contributed by atoms with Crippen molar-refractivity contribution in [2.45, 2.75) is 17.4 Å². The van der Waals surface area contributed by atoms with Crippen LogP contribution in [-0.2, 0) is 14.8 Å². The van der Waals surface area contributed by atoms with E-state index in [-0.39, 0.29) is 23.8 Å². The maximum Gasteiger partial charge on any atom is 0.244 e. The first kappa shape index (κ1) is 16.8. The number of rotatable bonds is 7. The summed E-state index contributed by atoms with van der Waals surface area (Å²) in [4.78, 5) is -0.326. The van der Waals surface area contributed by atoms with Crippen LogP contribution in [0.4, 0.5) is 4.39 Å². The molecule has 0 aromatic heterocycles. The van der Waals surface area contributed by atoms with E-state index >= 15 is 0 Å². The van der Waals surface area contributed by atoms with Gasteiger partial charge in [0.2, 0.25) is 10.0 Å². The summed E-state index contributed by atoms with van der Waals surface area (Å²) in [6.07, 6.45) is 0. The second-order valence-corrected chi connectivity index (χ2v) is 6.29. The fraction of sp³-hybridized carbons (Fsp3) is 0.500. The van der Waals surface area contributed by atoms with Crippen LogP contribution in [0.5, 0.6) is 5.75 Å². The highest BCUT2D eigenvalue weighted by atomic mass is 32.2. The predicted molar refractivity (Wildman–Crippen MR) is 70.6 cm³/mol. The summed E-state index contributed by atoms with van der Waals surface area (Å²) in [5.74, 6) is -0.680. The van der Waals surface area contributed by atoms with E-state index < -0.39 is 21.4 Å². The molecule has 1 rings (SSSR count). The largest absolute Gasteiger partial charge is 0.495 e. The first-order valence-electron chi connectivity index (χ1n) is 5.76. The maximum atomic E-state index is 13.2. The van der Waals surface area contributed by atoms with Gasteiger partial charge in [0.25, 0.3) is 0 Å². The molecule has 8 heteroatoms. The predicted octanol–water partition coefficient (Wildman–Crippen LogP) is 0.510. The van der Waals surface area contributed by atoms with Crippen LogP contribution < -0.4 is 9.46 Å². The smallest absolute Gasteiger partial charge is 0.244 e. The monoisotopic (exact) mass is 307 g/mol. The van der Waals surface area contributed by atoms with E-state index in [1.807, 2.05) is 0 Å². The highest BCUT2D eigenvalue weighted by Crippen LogP contribution is 2.24. The Morgan fingerprint density at radius 3 is 2.60 bits per heavy atom. The summed E-state index contributed by atoms with van der Waals surface area (Å²) in [6, 6.07) is 3.17. The number of ether oxygens (including phenoxy) is 2. The molecule has 0 fully saturated rings. The summed E-state index contributed by atoms with van der Waals surface area (Å²) in [5, 5.41) is 9.85. The Morgan fingerprint density at radius 1 is 1.40 bits per heavy atom. The first-order valence-corrected chi connectivity index (χ1v) is 7.25. The van der Waals surface area contributed by atoms with Gasteiger partial charge in [0.1, 0.15) is 16.5 Å². The number of benzene rings is 1. The van der Waals surface area contributed by atoms with Crippen LogP contribution in [0.3, 0.4) is 0 Å². The zero-order chi connectivity index (χ0) is 15.4. The molecule has 0 aliphatic heterocycles. The molecule has 0 aliphatic rings. The third kappa shape index (κ3) is 4.41. The molecule has 0 saturated heterocycles. The van der Waals surface area contributed by atoms with Gasteiger partial charge in [-0.3, -0.25) is 0 Å². The quantitative estimate of drug-likeness (QED) is 0.767. The molecule has 0 spiro atoms. The van der Waals surface area contributed by atoms with Crippen LogP contribution in [0.25, 0.3) is 0 Å². The minimum Gasteiger partial charge on any atom is -0.495 e. The highest BCUT2D eigenvalue weighted by Gasteiger charge is 2.26. The molecule has 1 atom stereocenters. The Bertz CT molecular complexity index is 559. The van der Waals surface area contributed by atoms with Crippen molar-refractivity contribution in [1.82, 2.24) is 4.72 Å². The van der Waals surface area contributed by atoms with E-state index in [2.05, 4.69) is 4.72 Å². The molecule has 0 aliphatic carbocycles. The summed E-state index contributed by atoms with van der Waals surface area (Å²) < 4.78 is 49.3. The molecule has 1 aromatic carbocycles. The number of aliphatic hydroxyl groups is 1. The van der Waals surface area contributed by atoms with Crippen LogP contribution in [-0.4, -0.2) is 46.5 Å². The summed E-state index contributed by atoms with van der Waals surface area (Å²) in [6.45, 7) is 1.10. The van der Waals surface area contributed by atoms with Crippen LogP contribution in [0, 0.1) is 5.82 Å². The topological polar surface area (TPSA) is 84.9 Å². The van der Waals surface area contributed by atoms with Gasteiger partial charge in [0.15, 0.2) is 0 Å². The van der Waals surface area contributed by atoms with Crippen LogP contribution >= 0.6 is 0 Å². The number of nitrogens with one attached hydrogen (secondary N) is 1. The Hall–Kier alpha value is -1.22. The lowest BCUT2D eigenvalue weighted by molar-refractivity contribution is -0.0119. The molecule has 6 nitrogen and oxygen atoms in total. The Kier molecular flexibility index (Phi) is 5.46. The molecular formula is C12H18FNO5S. The lowest BCUT2D eigenvalue weighted by Gasteiger charge is -2.22. The molecule has 1 aromatic rings.